The van der Waals surface area contributed by atoms with Gasteiger partial charge in [0.2, 0.25) is 0 Å². The van der Waals surface area contributed by atoms with Gasteiger partial charge in [0.15, 0.2) is 9.84 Å². The topological polar surface area (TPSA) is 55.4 Å². The molecule has 0 aromatic heterocycles. The van der Waals surface area contributed by atoms with Gasteiger partial charge in [0.25, 0.3) is 5.17 Å². The van der Waals surface area contributed by atoms with Gasteiger partial charge in [-0.25, -0.2) is 8.42 Å². The van der Waals surface area contributed by atoms with Gasteiger partial charge in [-0.3, -0.25) is 0 Å². The highest BCUT2D eigenvalue weighted by molar-refractivity contribution is 9.24. The third-order valence-corrected chi connectivity index (χ3v) is 5.07. The molecule has 0 amide bonds. The number of hydrogen-bond acceptors (Lipinski definition) is 4. The summed E-state index contributed by atoms with van der Waals surface area (Å²) in [5, 5.41) is 2.50. The second-order valence-electron chi connectivity index (χ2n) is 3.33. The highest BCUT2D eigenvalue weighted by Gasteiger charge is 2.36. The number of halogens is 3. The van der Waals surface area contributed by atoms with Crippen molar-refractivity contribution in [3.63, 3.8) is 0 Å². The number of hydrogen-bond donors (Lipinski definition) is 1. The second-order valence-corrected chi connectivity index (χ2v) is 9.86. The number of ether oxygens (including phenoxy) is 1. The van der Waals surface area contributed by atoms with Gasteiger partial charge in [-0.2, -0.15) is 0 Å². The molecule has 0 radical (unpaired) electrons. The lowest BCUT2D eigenvalue weighted by Crippen LogP contribution is -2.41. The minimum atomic E-state index is -3.05. The Bertz CT molecular complexity index is 363. The van der Waals surface area contributed by atoms with E-state index < -0.39 is 15.2 Å². The Morgan fingerprint density at radius 1 is 1.56 bits per heavy atom. The molecule has 94 valence electrons. The molecule has 2 atom stereocenters. The fraction of sp³-hybridized carbons (Fsp3) is 0.857. The standard InChI is InChI=1S/C7H10Br2ClNO3S2/c8-6(9)1-14-7(15)11-5-3-16(12,13)2-4(5)10/h4-6H,1-3H2,(H,11,15). The monoisotopic (exact) mass is 413 g/mol. The number of thiocarbonyl (C=S) groups is 1. The van der Waals surface area contributed by atoms with Crippen LogP contribution in [0.4, 0.5) is 0 Å². The maximum absolute atomic E-state index is 11.3. The van der Waals surface area contributed by atoms with E-state index in [4.69, 9.17) is 28.6 Å². The minimum Gasteiger partial charge on any atom is -0.469 e. The molecule has 16 heavy (non-hydrogen) atoms. The number of sulfone groups is 1. The van der Waals surface area contributed by atoms with Crippen LogP contribution in [0.5, 0.6) is 0 Å². The van der Waals surface area contributed by atoms with Gasteiger partial charge in [-0.05, 0) is 12.2 Å². The summed E-state index contributed by atoms with van der Waals surface area (Å²) in [5.74, 6) is -0.0227. The van der Waals surface area contributed by atoms with Crippen LogP contribution in [0, 0.1) is 0 Å². The molecule has 9 heteroatoms. The molecule has 1 N–H and O–H groups in total. The van der Waals surface area contributed by atoms with E-state index in [1.807, 2.05) is 0 Å². The lowest BCUT2D eigenvalue weighted by Gasteiger charge is -2.16. The van der Waals surface area contributed by atoms with Crippen LogP contribution in [0.1, 0.15) is 0 Å². The van der Waals surface area contributed by atoms with Gasteiger partial charge in [0, 0.05) is 0 Å². The summed E-state index contributed by atoms with van der Waals surface area (Å²) in [4.78, 5) is 0. The van der Waals surface area contributed by atoms with E-state index in [9.17, 15) is 8.42 Å². The predicted molar refractivity (Wildman–Crippen MR) is 75.4 cm³/mol. The van der Waals surface area contributed by atoms with Crippen molar-refractivity contribution in [3.8, 4) is 0 Å². The maximum atomic E-state index is 11.3. The zero-order valence-corrected chi connectivity index (χ0v) is 13.6. The highest BCUT2D eigenvalue weighted by Crippen LogP contribution is 2.18. The average molecular weight is 416 g/mol. The third-order valence-electron chi connectivity index (χ3n) is 1.93. The molecule has 0 aromatic rings. The summed E-state index contributed by atoms with van der Waals surface area (Å²) in [5.41, 5.74) is 0. The number of nitrogens with one attached hydrogen (secondary N) is 1. The second kappa shape index (κ2) is 6.17. The number of rotatable bonds is 3. The van der Waals surface area contributed by atoms with Gasteiger partial charge in [0.1, 0.15) is 10.3 Å². The molecule has 1 saturated heterocycles. The largest absolute Gasteiger partial charge is 0.469 e. The normalized spacial score (nSPS) is 28.0. The summed E-state index contributed by atoms with van der Waals surface area (Å²) in [6.45, 7) is 0.345. The first-order valence-electron chi connectivity index (χ1n) is 4.36. The SMILES string of the molecule is O=S1(=O)CC(Cl)C(NC(=S)OCC(Br)Br)C1. The van der Waals surface area contributed by atoms with Crippen molar-refractivity contribution in [1.82, 2.24) is 5.32 Å². The molecule has 1 heterocycles. The predicted octanol–water partition coefficient (Wildman–Crippen LogP) is 1.40. The first kappa shape index (κ1) is 14.9. The zero-order valence-electron chi connectivity index (χ0n) is 8.03. The van der Waals surface area contributed by atoms with Crippen molar-refractivity contribution in [2.24, 2.45) is 0 Å². The quantitative estimate of drug-likeness (QED) is 0.558. The lowest BCUT2D eigenvalue weighted by atomic mass is 10.3. The molecule has 1 aliphatic rings. The molecule has 2 unspecified atom stereocenters. The summed E-state index contributed by atoms with van der Waals surface area (Å²) < 4.78 is 27.7. The third kappa shape index (κ3) is 5.03. The van der Waals surface area contributed by atoms with Gasteiger partial charge >= 0.3 is 0 Å². The zero-order chi connectivity index (χ0) is 12.3. The van der Waals surface area contributed by atoms with E-state index >= 15 is 0 Å². The fourth-order valence-electron chi connectivity index (χ4n) is 1.27. The fourth-order valence-corrected chi connectivity index (χ4v) is 4.30. The lowest BCUT2D eigenvalue weighted by molar-refractivity contribution is 0.315. The van der Waals surface area contributed by atoms with Crippen molar-refractivity contribution in [2.45, 2.75) is 15.2 Å². The molecule has 0 saturated carbocycles. The summed E-state index contributed by atoms with van der Waals surface area (Å²) >= 11 is 17.3. The van der Waals surface area contributed by atoms with Crippen molar-refractivity contribution in [2.75, 3.05) is 18.1 Å². The molecular formula is C7H10Br2ClNO3S2. The van der Waals surface area contributed by atoms with Crippen LogP contribution in [0.3, 0.4) is 0 Å². The van der Waals surface area contributed by atoms with E-state index in [2.05, 4.69) is 37.2 Å². The van der Waals surface area contributed by atoms with Crippen molar-refractivity contribution in [3.05, 3.63) is 0 Å². The maximum Gasteiger partial charge on any atom is 0.256 e. The van der Waals surface area contributed by atoms with Crippen LogP contribution in [0.15, 0.2) is 0 Å². The first-order valence-corrected chi connectivity index (χ1v) is 8.86. The Hall–Kier alpha value is 0.890. The molecule has 1 aliphatic heterocycles. The Morgan fingerprint density at radius 3 is 2.62 bits per heavy atom. The van der Waals surface area contributed by atoms with E-state index in [-0.39, 0.29) is 26.5 Å². The molecule has 4 nitrogen and oxygen atoms in total. The summed E-state index contributed by atoms with van der Waals surface area (Å²) in [6.07, 6.45) is 0. The van der Waals surface area contributed by atoms with Crippen LogP contribution < -0.4 is 5.32 Å². The van der Waals surface area contributed by atoms with E-state index in [1.54, 1.807) is 0 Å². The van der Waals surface area contributed by atoms with Gasteiger partial charge in [0.05, 0.1) is 22.9 Å². The van der Waals surface area contributed by atoms with Crippen LogP contribution in [-0.4, -0.2) is 46.9 Å². The first-order chi connectivity index (χ1) is 7.30. The van der Waals surface area contributed by atoms with E-state index in [1.165, 1.54) is 0 Å². The average Bonchev–Trinajstić information content (AvgIpc) is 2.36. The van der Waals surface area contributed by atoms with Crippen molar-refractivity contribution < 1.29 is 13.2 Å². The van der Waals surface area contributed by atoms with Crippen molar-refractivity contribution in [1.29, 1.82) is 0 Å². The van der Waals surface area contributed by atoms with Gasteiger partial charge < -0.3 is 10.1 Å². The molecule has 1 rings (SSSR count). The molecular weight excluding hydrogens is 405 g/mol. The van der Waals surface area contributed by atoms with Gasteiger partial charge in [-0.1, -0.05) is 31.9 Å². The van der Waals surface area contributed by atoms with Gasteiger partial charge in [-0.15, -0.1) is 11.6 Å². The smallest absolute Gasteiger partial charge is 0.256 e. The Kier molecular flexibility index (Phi) is 5.77. The van der Waals surface area contributed by atoms with E-state index in [0.29, 0.717) is 6.61 Å². The molecule has 0 aromatic carbocycles. The molecule has 1 fully saturated rings. The Morgan fingerprint density at radius 2 is 2.19 bits per heavy atom. The summed E-state index contributed by atoms with van der Waals surface area (Å²) in [7, 11) is -3.05. The van der Waals surface area contributed by atoms with Crippen LogP contribution >= 0.6 is 55.7 Å². The Labute approximate surface area is 122 Å². The van der Waals surface area contributed by atoms with Crippen LogP contribution in [0.25, 0.3) is 0 Å². The number of alkyl halides is 3. The van der Waals surface area contributed by atoms with E-state index in [0.717, 1.165) is 0 Å². The molecule has 0 aliphatic carbocycles. The van der Waals surface area contributed by atoms with Crippen molar-refractivity contribution >= 4 is 70.7 Å². The Balaban J connectivity index is 2.40. The molecule has 0 bridgehead atoms. The summed E-state index contributed by atoms with van der Waals surface area (Å²) in [6, 6.07) is -0.372. The highest BCUT2D eigenvalue weighted by atomic mass is 79.9. The van der Waals surface area contributed by atoms with Crippen LogP contribution in [-0.2, 0) is 14.6 Å². The minimum absolute atomic E-state index is 0.00106. The van der Waals surface area contributed by atoms with Crippen LogP contribution in [0.2, 0.25) is 0 Å². The molecule has 0 spiro atoms.